The van der Waals surface area contributed by atoms with Crippen molar-refractivity contribution in [2.75, 3.05) is 11.9 Å². The van der Waals surface area contributed by atoms with Crippen LogP contribution in [0.5, 0.6) is 0 Å². The Hall–Kier alpha value is -1.50. The Morgan fingerprint density at radius 1 is 1.50 bits per heavy atom. The highest BCUT2D eigenvalue weighted by Gasteiger charge is 2.18. The molecule has 1 aromatic rings. The fraction of sp³-hybridized carbons (Fsp3) is 0.250. The highest BCUT2D eigenvalue weighted by Crippen LogP contribution is 2.30. The van der Waals surface area contributed by atoms with Crippen molar-refractivity contribution in [3.63, 3.8) is 0 Å². The van der Waals surface area contributed by atoms with E-state index in [4.69, 9.17) is 11.6 Å². The maximum absolute atomic E-state index is 12.9. The van der Waals surface area contributed by atoms with E-state index in [-0.39, 0.29) is 10.7 Å². The van der Waals surface area contributed by atoms with Gasteiger partial charge in [0.2, 0.25) is 0 Å². The van der Waals surface area contributed by atoms with Crippen molar-refractivity contribution < 1.29 is 18.1 Å². The number of halogens is 4. The monoisotopic (exact) mass is 254 g/mol. The quantitative estimate of drug-likeness (QED) is 0.664. The van der Waals surface area contributed by atoms with Crippen molar-refractivity contribution in [2.45, 2.75) is 6.43 Å². The maximum atomic E-state index is 12.9. The summed E-state index contributed by atoms with van der Waals surface area (Å²) in [6, 6.07) is 1.48. The van der Waals surface area contributed by atoms with Gasteiger partial charge in [-0.3, -0.25) is 10.1 Å². The van der Waals surface area contributed by atoms with E-state index >= 15 is 0 Å². The minimum Gasteiger partial charge on any atom is -0.374 e. The molecule has 8 heteroatoms. The molecule has 0 spiro atoms. The first-order chi connectivity index (χ1) is 7.41. The van der Waals surface area contributed by atoms with Crippen molar-refractivity contribution in [2.24, 2.45) is 0 Å². The Morgan fingerprint density at radius 3 is 2.62 bits per heavy atom. The third kappa shape index (κ3) is 2.99. The van der Waals surface area contributed by atoms with Gasteiger partial charge in [-0.05, 0) is 6.07 Å². The van der Waals surface area contributed by atoms with Gasteiger partial charge >= 0.3 is 0 Å². The van der Waals surface area contributed by atoms with Crippen LogP contribution in [0.3, 0.4) is 0 Å². The van der Waals surface area contributed by atoms with Crippen LogP contribution in [0, 0.1) is 15.9 Å². The fourth-order valence-corrected chi connectivity index (χ4v) is 1.18. The van der Waals surface area contributed by atoms with E-state index in [0.717, 1.165) is 6.07 Å². The number of alkyl halides is 2. The Morgan fingerprint density at radius 2 is 2.12 bits per heavy atom. The van der Waals surface area contributed by atoms with Crippen molar-refractivity contribution >= 4 is 23.0 Å². The van der Waals surface area contributed by atoms with Crippen LogP contribution in [0.1, 0.15) is 0 Å². The summed E-state index contributed by atoms with van der Waals surface area (Å²) in [4.78, 5) is 9.62. The summed E-state index contributed by atoms with van der Waals surface area (Å²) in [7, 11) is 0. The van der Waals surface area contributed by atoms with Crippen LogP contribution in [0.15, 0.2) is 12.1 Å². The first-order valence-electron chi connectivity index (χ1n) is 4.07. The van der Waals surface area contributed by atoms with E-state index in [9.17, 15) is 23.3 Å². The molecule has 16 heavy (non-hydrogen) atoms. The highest BCUT2D eigenvalue weighted by molar-refractivity contribution is 6.31. The molecule has 0 aliphatic carbocycles. The lowest BCUT2D eigenvalue weighted by Crippen LogP contribution is -2.11. The molecule has 0 aliphatic rings. The molecular weight excluding hydrogens is 249 g/mol. The van der Waals surface area contributed by atoms with Crippen molar-refractivity contribution in [3.05, 3.63) is 33.1 Å². The van der Waals surface area contributed by atoms with E-state index < -0.39 is 29.4 Å². The molecule has 0 amide bonds. The van der Waals surface area contributed by atoms with Crippen LogP contribution < -0.4 is 5.32 Å². The van der Waals surface area contributed by atoms with E-state index in [1.165, 1.54) is 0 Å². The third-order valence-electron chi connectivity index (χ3n) is 1.68. The Kier molecular flexibility index (Phi) is 3.94. The van der Waals surface area contributed by atoms with Crippen LogP contribution in [-0.4, -0.2) is 17.9 Å². The predicted octanol–water partition coefficient (Wildman–Crippen LogP) is 3.06. The van der Waals surface area contributed by atoms with Crippen molar-refractivity contribution in [1.29, 1.82) is 0 Å². The van der Waals surface area contributed by atoms with Gasteiger partial charge in [-0.15, -0.1) is 0 Å². The number of nitro groups is 1. The van der Waals surface area contributed by atoms with Gasteiger partial charge in [0.15, 0.2) is 0 Å². The number of nitrogens with zero attached hydrogens (tertiary/aromatic N) is 1. The van der Waals surface area contributed by atoms with E-state index in [0.29, 0.717) is 6.07 Å². The average molecular weight is 255 g/mol. The molecule has 0 heterocycles. The molecule has 4 nitrogen and oxygen atoms in total. The van der Waals surface area contributed by atoms with E-state index in [1.54, 1.807) is 0 Å². The van der Waals surface area contributed by atoms with Gasteiger partial charge in [-0.1, -0.05) is 11.6 Å². The molecule has 0 aliphatic heterocycles. The topological polar surface area (TPSA) is 55.2 Å². The molecule has 0 saturated carbocycles. The minimum absolute atomic E-state index is 0.239. The average Bonchev–Trinajstić information content (AvgIpc) is 2.18. The molecule has 0 aromatic heterocycles. The van der Waals surface area contributed by atoms with Crippen LogP contribution >= 0.6 is 11.6 Å². The number of nitro benzene ring substituents is 1. The molecular formula is C8H6ClF3N2O2. The van der Waals surface area contributed by atoms with Crippen LogP contribution in [0.4, 0.5) is 24.5 Å². The maximum Gasteiger partial charge on any atom is 0.295 e. The second-order valence-corrected chi connectivity index (χ2v) is 3.22. The smallest absolute Gasteiger partial charge is 0.295 e. The van der Waals surface area contributed by atoms with Crippen molar-refractivity contribution in [1.82, 2.24) is 0 Å². The number of benzene rings is 1. The lowest BCUT2D eigenvalue weighted by Gasteiger charge is -2.07. The third-order valence-corrected chi connectivity index (χ3v) is 1.97. The molecule has 1 N–H and O–H groups in total. The fourth-order valence-electron chi connectivity index (χ4n) is 1.02. The van der Waals surface area contributed by atoms with Crippen molar-refractivity contribution in [3.8, 4) is 0 Å². The number of anilines is 1. The molecule has 1 aromatic carbocycles. The highest BCUT2D eigenvalue weighted by atomic mass is 35.5. The second kappa shape index (κ2) is 5.02. The minimum atomic E-state index is -2.68. The lowest BCUT2D eigenvalue weighted by atomic mass is 10.2. The lowest BCUT2D eigenvalue weighted by molar-refractivity contribution is -0.384. The zero-order valence-electron chi connectivity index (χ0n) is 7.71. The first-order valence-corrected chi connectivity index (χ1v) is 4.45. The molecule has 1 rings (SSSR count). The summed E-state index contributed by atoms with van der Waals surface area (Å²) in [6.07, 6.45) is -2.68. The van der Waals surface area contributed by atoms with Gasteiger partial charge in [0.25, 0.3) is 12.1 Å². The summed E-state index contributed by atoms with van der Waals surface area (Å²) >= 11 is 5.38. The summed E-state index contributed by atoms with van der Waals surface area (Å²) in [5.74, 6) is -0.976. The molecule has 0 bridgehead atoms. The molecule has 0 fully saturated rings. The molecule has 0 atom stereocenters. The van der Waals surface area contributed by atoms with Gasteiger partial charge in [-0.2, -0.15) is 0 Å². The van der Waals surface area contributed by atoms with Gasteiger partial charge < -0.3 is 5.32 Å². The van der Waals surface area contributed by atoms with Crippen LogP contribution in [0.2, 0.25) is 5.02 Å². The number of hydrogen-bond acceptors (Lipinski definition) is 3. The normalized spacial score (nSPS) is 10.6. The Labute approximate surface area is 93.2 Å². The molecule has 0 radical (unpaired) electrons. The van der Waals surface area contributed by atoms with Gasteiger partial charge in [0, 0.05) is 0 Å². The van der Waals surface area contributed by atoms with Gasteiger partial charge in [-0.25, -0.2) is 13.2 Å². The summed E-state index contributed by atoms with van der Waals surface area (Å²) < 4.78 is 36.7. The first kappa shape index (κ1) is 12.6. The Balaban J connectivity index is 3.05. The van der Waals surface area contributed by atoms with Gasteiger partial charge in [0.1, 0.15) is 11.5 Å². The van der Waals surface area contributed by atoms with Crippen LogP contribution in [-0.2, 0) is 0 Å². The zero-order chi connectivity index (χ0) is 12.3. The second-order valence-electron chi connectivity index (χ2n) is 2.81. The number of hydrogen-bond donors (Lipinski definition) is 1. The summed E-state index contributed by atoms with van der Waals surface area (Å²) in [6.45, 7) is -0.775. The number of rotatable bonds is 4. The standard InChI is InChI=1S/C8H6ClF3N2O2/c9-4-1-6(13-3-8(11)12)7(14(15)16)2-5(4)10/h1-2,8,13H,3H2. The molecule has 88 valence electrons. The molecule has 0 saturated heterocycles. The van der Waals surface area contributed by atoms with Gasteiger partial charge in [0.05, 0.1) is 22.6 Å². The zero-order valence-corrected chi connectivity index (χ0v) is 8.47. The SMILES string of the molecule is O=[N+]([O-])c1cc(F)c(Cl)cc1NCC(F)F. The molecule has 0 unspecified atom stereocenters. The summed E-state index contributed by atoms with van der Waals surface area (Å²) in [5, 5.41) is 12.2. The summed E-state index contributed by atoms with van der Waals surface area (Å²) in [5.41, 5.74) is -0.876. The Bertz CT molecular complexity index is 415. The predicted molar refractivity (Wildman–Crippen MR) is 52.6 cm³/mol. The van der Waals surface area contributed by atoms with Crippen LogP contribution in [0.25, 0.3) is 0 Å². The number of nitrogens with one attached hydrogen (secondary N) is 1. The largest absolute Gasteiger partial charge is 0.374 e. The van der Waals surface area contributed by atoms with E-state index in [1.807, 2.05) is 0 Å². The van der Waals surface area contributed by atoms with E-state index in [2.05, 4.69) is 5.32 Å².